The van der Waals surface area contributed by atoms with Crippen LogP contribution in [-0.4, -0.2) is 64.1 Å². The molecule has 2 fully saturated rings. The molecule has 1 aliphatic heterocycles. The molecule has 1 aliphatic carbocycles. The first-order valence-electron chi connectivity index (χ1n) is 8.67. The summed E-state index contributed by atoms with van der Waals surface area (Å²) in [7, 11) is 1.77. The molecule has 0 amide bonds. The van der Waals surface area contributed by atoms with Crippen LogP contribution in [0.1, 0.15) is 39.5 Å². The van der Waals surface area contributed by atoms with E-state index in [0.29, 0.717) is 11.5 Å². The fourth-order valence-corrected chi connectivity index (χ4v) is 3.72. The van der Waals surface area contributed by atoms with Crippen molar-refractivity contribution in [2.24, 2.45) is 11.3 Å². The Labute approximate surface area is 130 Å². The Balaban J connectivity index is 1.90. The molecule has 4 heteroatoms. The van der Waals surface area contributed by atoms with Crippen molar-refractivity contribution >= 4 is 0 Å². The smallest absolute Gasteiger partial charge is 0.0619 e. The van der Waals surface area contributed by atoms with Crippen molar-refractivity contribution in [2.75, 3.05) is 53.1 Å². The highest BCUT2D eigenvalue weighted by Gasteiger charge is 2.37. The maximum absolute atomic E-state index is 5.59. The molecule has 1 N–H and O–H groups in total. The molecule has 124 valence electrons. The molecule has 21 heavy (non-hydrogen) atoms. The van der Waals surface area contributed by atoms with Gasteiger partial charge in [0.05, 0.1) is 19.8 Å². The van der Waals surface area contributed by atoms with Crippen LogP contribution in [0.4, 0.5) is 0 Å². The molecular weight excluding hydrogens is 264 g/mol. The van der Waals surface area contributed by atoms with Gasteiger partial charge in [-0.1, -0.05) is 19.8 Å². The maximum Gasteiger partial charge on any atom is 0.0619 e. The first-order valence-corrected chi connectivity index (χ1v) is 8.67. The summed E-state index contributed by atoms with van der Waals surface area (Å²) in [6, 6.07) is 0.564. The molecule has 1 saturated carbocycles. The summed E-state index contributed by atoms with van der Waals surface area (Å²) in [5.41, 5.74) is 0.450. The normalized spacial score (nSPS) is 35.0. The van der Waals surface area contributed by atoms with Crippen LogP contribution in [-0.2, 0) is 9.47 Å². The molecule has 0 aromatic rings. The van der Waals surface area contributed by atoms with Crippen LogP contribution in [0.25, 0.3) is 0 Å². The van der Waals surface area contributed by atoms with E-state index in [1.165, 1.54) is 32.2 Å². The predicted octanol–water partition coefficient (Wildman–Crippen LogP) is 2.14. The minimum absolute atomic E-state index is 0.450. The zero-order chi connectivity index (χ0) is 15.1. The molecule has 0 aromatic carbocycles. The number of hydrogen-bond donors (Lipinski definition) is 1. The fraction of sp³-hybridized carbons (Fsp3) is 1.00. The summed E-state index contributed by atoms with van der Waals surface area (Å²) in [6.07, 6.45) is 5.48. The van der Waals surface area contributed by atoms with Crippen LogP contribution >= 0.6 is 0 Å². The van der Waals surface area contributed by atoms with E-state index in [2.05, 4.69) is 24.1 Å². The summed E-state index contributed by atoms with van der Waals surface area (Å²) >= 11 is 0. The molecule has 1 heterocycles. The lowest BCUT2D eigenvalue weighted by atomic mass is 9.70. The third-order valence-corrected chi connectivity index (χ3v) is 5.36. The van der Waals surface area contributed by atoms with Crippen molar-refractivity contribution in [2.45, 2.75) is 45.6 Å². The van der Waals surface area contributed by atoms with E-state index < -0.39 is 0 Å². The van der Waals surface area contributed by atoms with Crippen molar-refractivity contribution in [3.8, 4) is 0 Å². The Hall–Kier alpha value is -0.160. The van der Waals surface area contributed by atoms with Gasteiger partial charge in [0.15, 0.2) is 0 Å². The van der Waals surface area contributed by atoms with E-state index in [0.717, 1.165) is 45.4 Å². The third-order valence-electron chi connectivity index (χ3n) is 5.36. The first-order chi connectivity index (χ1) is 10.2. The average molecular weight is 298 g/mol. The van der Waals surface area contributed by atoms with Gasteiger partial charge in [-0.2, -0.15) is 0 Å². The summed E-state index contributed by atoms with van der Waals surface area (Å²) in [5, 5.41) is 3.63. The third kappa shape index (κ3) is 5.20. The second-order valence-electron chi connectivity index (χ2n) is 7.25. The molecule has 1 unspecified atom stereocenters. The van der Waals surface area contributed by atoms with E-state index in [9.17, 15) is 0 Å². The number of morpholine rings is 1. The van der Waals surface area contributed by atoms with Gasteiger partial charge in [0.25, 0.3) is 0 Å². The van der Waals surface area contributed by atoms with Gasteiger partial charge in [0, 0.05) is 39.3 Å². The second-order valence-corrected chi connectivity index (χ2v) is 7.25. The van der Waals surface area contributed by atoms with Gasteiger partial charge in [0.1, 0.15) is 0 Å². The number of nitrogens with zero attached hydrogens (tertiary/aromatic N) is 1. The highest BCUT2D eigenvalue weighted by molar-refractivity contribution is 4.91. The highest BCUT2D eigenvalue weighted by atomic mass is 16.5. The Kier molecular flexibility index (Phi) is 6.93. The van der Waals surface area contributed by atoms with Gasteiger partial charge in [-0.3, -0.25) is 4.90 Å². The molecule has 2 aliphatic rings. The summed E-state index contributed by atoms with van der Waals surface area (Å²) < 4.78 is 10.7. The molecular formula is C17H34N2O2. The van der Waals surface area contributed by atoms with E-state index in [-0.39, 0.29) is 0 Å². The molecule has 0 radical (unpaired) electrons. The molecule has 2 rings (SSSR count). The van der Waals surface area contributed by atoms with Gasteiger partial charge in [-0.05, 0) is 31.1 Å². The number of nitrogens with one attached hydrogen (secondary N) is 1. The number of hydrogen-bond acceptors (Lipinski definition) is 4. The maximum atomic E-state index is 5.59. The van der Waals surface area contributed by atoms with Crippen LogP contribution in [0.2, 0.25) is 0 Å². The minimum atomic E-state index is 0.450. The minimum Gasteiger partial charge on any atom is -0.383 e. The lowest BCUT2D eigenvalue weighted by molar-refractivity contribution is -0.0294. The zero-order valence-corrected chi connectivity index (χ0v) is 14.2. The Morgan fingerprint density at radius 1 is 1.29 bits per heavy atom. The van der Waals surface area contributed by atoms with Crippen LogP contribution in [0.15, 0.2) is 0 Å². The quantitative estimate of drug-likeness (QED) is 0.730. The van der Waals surface area contributed by atoms with Gasteiger partial charge < -0.3 is 14.8 Å². The van der Waals surface area contributed by atoms with E-state index in [1.54, 1.807) is 7.11 Å². The number of rotatable bonds is 7. The Morgan fingerprint density at radius 2 is 2.05 bits per heavy atom. The highest BCUT2D eigenvalue weighted by Crippen LogP contribution is 2.39. The van der Waals surface area contributed by atoms with E-state index in [1.807, 2.05) is 0 Å². The van der Waals surface area contributed by atoms with Crippen LogP contribution in [0, 0.1) is 11.3 Å². The zero-order valence-electron chi connectivity index (χ0n) is 14.2. The topological polar surface area (TPSA) is 33.7 Å². The van der Waals surface area contributed by atoms with Crippen molar-refractivity contribution in [1.29, 1.82) is 0 Å². The largest absolute Gasteiger partial charge is 0.383 e. The van der Waals surface area contributed by atoms with Crippen molar-refractivity contribution in [1.82, 2.24) is 10.2 Å². The molecule has 4 nitrogen and oxygen atoms in total. The summed E-state index contributed by atoms with van der Waals surface area (Å²) in [4.78, 5) is 2.65. The molecule has 1 atom stereocenters. The standard InChI is InChI=1S/C17H34N2O2/c1-15-4-6-17(7-5-15,13-18-8-10-20-3)14-19-9-11-21-12-16(19)2/h15-16,18H,4-14H2,1-3H3. The van der Waals surface area contributed by atoms with Gasteiger partial charge in [0.2, 0.25) is 0 Å². The molecule has 0 bridgehead atoms. The number of ether oxygens (including phenoxy) is 2. The SMILES string of the molecule is COCCNCC1(CN2CCOCC2C)CCC(C)CC1. The number of methoxy groups -OCH3 is 1. The van der Waals surface area contributed by atoms with E-state index >= 15 is 0 Å². The van der Waals surface area contributed by atoms with Crippen molar-refractivity contribution in [3.63, 3.8) is 0 Å². The lowest BCUT2D eigenvalue weighted by Gasteiger charge is -2.45. The fourth-order valence-electron chi connectivity index (χ4n) is 3.72. The summed E-state index contributed by atoms with van der Waals surface area (Å²) in [5.74, 6) is 0.902. The Bertz CT molecular complexity index is 291. The van der Waals surface area contributed by atoms with Gasteiger partial charge in [-0.15, -0.1) is 0 Å². The van der Waals surface area contributed by atoms with Gasteiger partial charge >= 0.3 is 0 Å². The lowest BCUT2D eigenvalue weighted by Crippen LogP contribution is -2.52. The molecule has 0 spiro atoms. The molecule has 1 saturated heterocycles. The van der Waals surface area contributed by atoms with E-state index in [4.69, 9.17) is 9.47 Å². The Morgan fingerprint density at radius 3 is 2.71 bits per heavy atom. The molecule has 0 aromatic heterocycles. The second kappa shape index (κ2) is 8.47. The van der Waals surface area contributed by atoms with Crippen molar-refractivity contribution < 1.29 is 9.47 Å². The first kappa shape index (κ1) is 17.2. The van der Waals surface area contributed by atoms with Crippen molar-refractivity contribution in [3.05, 3.63) is 0 Å². The average Bonchev–Trinajstić information content (AvgIpc) is 2.49. The van der Waals surface area contributed by atoms with Gasteiger partial charge in [-0.25, -0.2) is 0 Å². The predicted molar refractivity (Wildman–Crippen MR) is 86.7 cm³/mol. The van der Waals surface area contributed by atoms with Crippen LogP contribution in [0.5, 0.6) is 0 Å². The monoisotopic (exact) mass is 298 g/mol. The van der Waals surface area contributed by atoms with Crippen LogP contribution < -0.4 is 5.32 Å². The van der Waals surface area contributed by atoms with Crippen LogP contribution in [0.3, 0.4) is 0 Å². The summed E-state index contributed by atoms with van der Waals surface area (Å²) in [6.45, 7) is 11.7.